The van der Waals surface area contributed by atoms with E-state index >= 15 is 0 Å². The lowest BCUT2D eigenvalue weighted by Crippen LogP contribution is -2.63. The third kappa shape index (κ3) is 7.55. The molecule has 0 radical (unpaired) electrons. The number of fused-ring (bicyclic) bond motifs is 5. The van der Waals surface area contributed by atoms with E-state index in [-0.39, 0.29) is 43.8 Å². The van der Waals surface area contributed by atoms with Gasteiger partial charge in [-0.1, -0.05) is 68.4 Å². The second kappa shape index (κ2) is 15.5. The highest BCUT2D eigenvalue weighted by molar-refractivity contribution is 5.95. The number of carbonyl (C=O) groups is 4. The van der Waals surface area contributed by atoms with E-state index in [0.717, 1.165) is 0 Å². The highest BCUT2D eigenvalue weighted by Crippen LogP contribution is 2.69. The maximum Gasteiger partial charge on any atom is 0.338 e. The lowest BCUT2D eigenvalue weighted by atomic mass is 9.45. The molecule has 0 bridgehead atoms. The Morgan fingerprint density at radius 3 is 1.79 bits per heavy atom. The summed E-state index contributed by atoms with van der Waals surface area (Å²) >= 11 is 0. The monoisotopic (exact) mass is 792 g/mol. The number of allylic oxidation sites excluding steroid dienone is 1. The molecule has 10 atom stereocenters. The highest BCUT2D eigenvalue weighted by Gasteiger charge is 2.70. The van der Waals surface area contributed by atoms with E-state index in [0.29, 0.717) is 41.5 Å². The Kier molecular flexibility index (Phi) is 11.1. The molecule has 3 N–H and O–H groups in total. The van der Waals surface area contributed by atoms with Crippen LogP contribution in [0.25, 0.3) is 0 Å². The molecule has 3 aromatic carbocycles. The van der Waals surface area contributed by atoms with Crippen molar-refractivity contribution in [2.45, 2.75) is 121 Å². The van der Waals surface area contributed by atoms with Crippen LogP contribution in [0.4, 0.5) is 0 Å². The van der Waals surface area contributed by atoms with Crippen molar-refractivity contribution in [1.29, 1.82) is 0 Å². The van der Waals surface area contributed by atoms with E-state index in [1.54, 1.807) is 118 Å². The zero-order chi connectivity index (χ0) is 41.7. The lowest BCUT2D eigenvalue weighted by molar-refractivity contribution is -0.178. The van der Waals surface area contributed by atoms with E-state index in [1.165, 1.54) is 0 Å². The van der Waals surface area contributed by atoms with E-state index in [4.69, 9.17) is 14.2 Å². The van der Waals surface area contributed by atoms with Crippen LogP contribution >= 0.6 is 0 Å². The van der Waals surface area contributed by atoms with Crippen LogP contribution in [0.15, 0.2) is 103 Å². The number of ketones is 1. The Balaban J connectivity index is 1.19. The van der Waals surface area contributed by atoms with Gasteiger partial charge >= 0.3 is 17.9 Å². The minimum absolute atomic E-state index is 0.142. The molecule has 10 nitrogen and oxygen atoms in total. The predicted molar refractivity (Wildman–Crippen MR) is 216 cm³/mol. The zero-order valence-electron chi connectivity index (χ0n) is 34.1. The fourth-order valence-corrected chi connectivity index (χ4v) is 11.0. The summed E-state index contributed by atoms with van der Waals surface area (Å²) in [5.74, 6) is -3.30. The molecule has 0 amide bonds. The number of hydrogen-bond donors (Lipinski definition) is 3. The molecule has 7 rings (SSSR count). The van der Waals surface area contributed by atoms with Gasteiger partial charge in [-0.25, -0.2) is 14.4 Å². The fourth-order valence-electron chi connectivity index (χ4n) is 11.0. The van der Waals surface area contributed by atoms with Gasteiger partial charge in [0, 0.05) is 11.3 Å². The Hall–Kier alpha value is -4.64. The zero-order valence-corrected chi connectivity index (χ0v) is 34.1. The van der Waals surface area contributed by atoms with E-state index in [1.807, 2.05) is 13.8 Å². The van der Waals surface area contributed by atoms with E-state index in [9.17, 15) is 34.5 Å². The molecule has 0 spiro atoms. The molecule has 3 fully saturated rings. The van der Waals surface area contributed by atoms with Crippen LogP contribution in [0, 0.1) is 28.6 Å². The van der Waals surface area contributed by atoms with Crippen molar-refractivity contribution < 1.29 is 48.7 Å². The van der Waals surface area contributed by atoms with Gasteiger partial charge in [-0.3, -0.25) is 4.79 Å². The van der Waals surface area contributed by atoms with Crippen molar-refractivity contribution in [1.82, 2.24) is 0 Å². The maximum atomic E-state index is 14.4. The van der Waals surface area contributed by atoms with Crippen LogP contribution in [-0.4, -0.2) is 74.1 Å². The molecule has 58 heavy (non-hydrogen) atoms. The van der Waals surface area contributed by atoms with Gasteiger partial charge < -0.3 is 29.5 Å². The average molecular weight is 793 g/mol. The van der Waals surface area contributed by atoms with Crippen molar-refractivity contribution in [3.63, 3.8) is 0 Å². The molecular formula is C48H56O10. The van der Waals surface area contributed by atoms with Crippen molar-refractivity contribution in [3.8, 4) is 0 Å². The number of aliphatic hydroxyl groups is 3. The smallest absolute Gasteiger partial charge is 0.338 e. The number of rotatable bonds is 11. The normalized spacial score (nSPS) is 32.0. The number of benzene rings is 3. The molecule has 308 valence electrons. The Bertz CT molecular complexity index is 2040. The van der Waals surface area contributed by atoms with Gasteiger partial charge in [0.05, 0.1) is 27.9 Å². The van der Waals surface area contributed by atoms with Gasteiger partial charge in [0.1, 0.15) is 23.9 Å². The van der Waals surface area contributed by atoms with Crippen molar-refractivity contribution in [3.05, 3.63) is 119 Å². The molecule has 0 saturated heterocycles. The van der Waals surface area contributed by atoms with E-state index < -0.39 is 75.7 Å². The number of esters is 3. The summed E-state index contributed by atoms with van der Waals surface area (Å²) in [5, 5.41) is 36.4. The summed E-state index contributed by atoms with van der Waals surface area (Å²) in [6.07, 6.45) is 1.37. The molecule has 0 unspecified atom stereocenters. The minimum atomic E-state index is -1.62. The lowest BCUT2D eigenvalue weighted by Gasteiger charge is -2.61. The number of hydrogen-bond acceptors (Lipinski definition) is 10. The standard InChI is InChI=1S/C48H56O10/c1-44(2,53)24-23-40(58-43(52)32-19-13-8-14-20-32)47(5,54)39-22-26-48(55)34-27-36(49)35-28-37(56-41(50)30-15-9-6-10-16-30)38(57-42(51)31-17-11-7-12-18-31)29-45(35,3)33(34)21-25-46(39,48)4/h6-20,27,33,35,37-40,53-55H,21-26,28-29H2,1-5H3/t33-,35-,37+,38-,39-,40+,45+,46+,47+,48+/m0/s1. The van der Waals surface area contributed by atoms with Gasteiger partial charge in [0.2, 0.25) is 0 Å². The van der Waals surface area contributed by atoms with Crippen LogP contribution < -0.4 is 0 Å². The molecule has 0 aromatic heterocycles. The second-order valence-electron chi connectivity index (χ2n) is 18.4. The average Bonchev–Trinajstić information content (AvgIpc) is 3.49. The Labute approximate surface area is 340 Å². The summed E-state index contributed by atoms with van der Waals surface area (Å²) < 4.78 is 18.3. The van der Waals surface area contributed by atoms with Crippen LogP contribution in [0.3, 0.4) is 0 Å². The summed E-state index contributed by atoms with van der Waals surface area (Å²) in [6, 6.07) is 25.7. The SMILES string of the molecule is CC(C)(O)CC[C@@H](OC(=O)c1ccccc1)[C@](C)(O)[C@H]1CC[C@@]2(O)C3=CC(=O)[C@@H]4C[C@@H](OC(=O)c5ccccc5)[C@@H](OC(=O)c5ccccc5)C[C@]4(C)[C@H]3CC[C@]12C. The topological polar surface area (TPSA) is 157 Å². The number of ether oxygens (including phenoxy) is 3. The molecule has 0 heterocycles. The third-order valence-electron chi connectivity index (χ3n) is 14.2. The predicted octanol–water partition coefficient (Wildman–Crippen LogP) is 7.45. The molecule has 10 heteroatoms. The maximum absolute atomic E-state index is 14.4. The van der Waals surface area contributed by atoms with Crippen LogP contribution in [0.1, 0.15) is 117 Å². The first kappa shape index (κ1) is 41.5. The Morgan fingerprint density at radius 2 is 1.26 bits per heavy atom. The quantitative estimate of drug-likeness (QED) is 0.132. The first-order valence-corrected chi connectivity index (χ1v) is 20.6. The van der Waals surface area contributed by atoms with Gasteiger partial charge in [-0.2, -0.15) is 0 Å². The molecule has 4 aliphatic rings. The highest BCUT2D eigenvalue weighted by atomic mass is 16.6. The van der Waals surface area contributed by atoms with Crippen molar-refractivity contribution >= 4 is 23.7 Å². The van der Waals surface area contributed by atoms with Gasteiger partial charge in [0.25, 0.3) is 0 Å². The van der Waals surface area contributed by atoms with Crippen LogP contribution in [-0.2, 0) is 19.0 Å². The largest absolute Gasteiger partial charge is 0.456 e. The van der Waals surface area contributed by atoms with Crippen molar-refractivity contribution in [2.24, 2.45) is 28.6 Å². The first-order chi connectivity index (χ1) is 27.4. The third-order valence-corrected chi connectivity index (χ3v) is 14.2. The summed E-state index contributed by atoms with van der Waals surface area (Å²) in [7, 11) is 0. The minimum Gasteiger partial charge on any atom is -0.456 e. The molecular weight excluding hydrogens is 737 g/mol. The van der Waals surface area contributed by atoms with Gasteiger partial charge in [-0.15, -0.1) is 0 Å². The van der Waals surface area contributed by atoms with Gasteiger partial charge in [-0.05, 0) is 137 Å². The van der Waals surface area contributed by atoms with Crippen molar-refractivity contribution in [2.75, 3.05) is 0 Å². The summed E-state index contributed by atoms with van der Waals surface area (Å²) in [6.45, 7) is 8.99. The molecule has 0 aliphatic heterocycles. The van der Waals surface area contributed by atoms with Crippen LogP contribution in [0.5, 0.6) is 0 Å². The number of carbonyl (C=O) groups excluding carboxylic acids is 4. The summed E-state index contributed by atoms with van der Waals surface area (Å²) in [5.41, 5.74) is -4.22. The molecule has 3 saturated carbocycles. The second-order valence-corrected chi connectivity index (χ2v) is 18.4. The van der Waals surface area contributed by atoms with E-state index in [2.05, 4.69) is 0 Å². The van der Waals surface area contributed by atoms with Crippen LogP contribution in [0.2, 0.25) is 0 Å². The Morgan fingerprint density at radius 1 is 0.741 bits per heavy atom. The fraction of sp³-hybridized carbons (Fsp3) is 0.500. The summed E-state index contributed by atoms with van der Waals surface area (Å²) in [4.78, 5) is 54.8. The first-order valence-electron chi connectivity index (χ1n) is 20.6. The molecule has 3 aromatic rings. The van der Waals surface area contributed by atoms with Gasteiger partial charge in [0.15, 0.2) is 5.78 Å². The molecule has 4 aliphatic carbocycles.